The van der Waals surface area contributed by atoms with Gasteiger partial charge in [0.05, 0.1) is 12.0 Å². The number of hydrogen-bond donors (Lipinski definition) is 6. The van der Waals surface area contributed by atoms with Crippen molar-refractivity contribution in [2.24, 2.45) is 0 Å². The molecule has 260 valence electrons. The van der Waals surface area contributed by atoms with Gasteiger partial charge in [0, 0.05) is 65.3 Å². The molecule has 2 saturated heterocycles. The Morgan fingerprint density at radius 2 is 1.67 bits per heavy atom. The minimum Gasteiger partial charge on any atom is -0.387 e. The molecular weight excluding hydrogens is 614 g/mol. The van der Waals surface area contributed by atoms with Gasteiger partial charge in [0.2, 0.25) is 5.91 Å². The van der Waals surface area contributed by atoms with Crippen LogP contribution in [0.4, 0.5) is 0 Å². The number of aromatic nitrogens is 4. The summed E-state index contributed by atoms with van der Waals surface area (Å²) < 4.78 is 7.51. The lowest BCUT2D eigenvalue weighted by Crippen LogP contribution is -2.44. The second-order valence-electron chi connectivity index (χ2n) is 12.9. The molecule has 5 atom stereocenters. The third-order valence-electron chi connectivity index (χ3n) is 9.70. The third kappa shape index (κ3) is 8.18. The molecule has 6 N–H and O–H groups in total. The Balaban J connectivity index is 0.962. The van der Waals surface area contributed by atoms with E-state index in [1.807, 2.05) is 4.90 Å². The normalized spacial score (nSPS) is 25.4. The molecule has 3 aromatic rings. The van der Waals surface area contributed by atoms with E-state index in [0.29, 0.717) is 56.0 Å². The lowest BCUT2D eigenvalue weighted by molar-refractivity contribution is -0.137. The van der Waals surface area contributed by atoms with Crippen molar-refractivity contribution in [1.82, 2.24) is 45.7 Å². The van der Waals surface area contributed by atoms with Crippen molar-refractivity contribution < 1.29 is 24.5 Å². The smallest absolute Gasteiger partial charge is 0.252 e. The number of aliphatic hydroxyl groups is 2. The fourth-order valence-electron chi connectivity index (χ4n) is 7.00. The number of fused-ring (bicyclic) bond motifs is 2. The van der Waals surface area contributed by atoms with Crippen LogP contribution in [-0.4, -0.2) is 124 Å². The van der Waals surface area contributed by atoms with Crippen LogP contribution in [0.25, 0.3) is 11.2 Å². The summed E-state index contributed by atoms with van der Waals surface area (Å²) in [5.74, 6) is -0.00295. The second-order valence-corrected chi connectivity index (χ2v) is 12.9. The molecule has 0 radical (unpaired) electrons. The Labute approximate surface area is 281 Å². The van der Waals surface area contributed by atoms with Crippen LogP contribution in [0.1, 0.15) is 61.1 Å². The summed E-state index contributed by atoms with van der Waals surface area (Å²) in [7, 11) is 0. The van der Waals surface area contributed by atoms with Gasteiger partial charge in [0.25, 0.3) is 5.91 Å². The van der Waals surface area contributed by atoms with E-state index >= 15 is 0 Å². The number of carbonyl (C=O) groups is 2. The van der Waals surface area contributed by atoms with Crippen molar-refractivity contribution in [1.29, 1.82) is 0 Å². The van der Waals surface area contributed by atoms with E-state index in [1.165, 1.54) is 23.8 Å². The van der Waals surface area contributed by atoms with Crippen molar-refractivity contribution in [3.63, 3.8) is 0 Å². The molecule has 1 aromatic carbocycles. The standard InChI is InChI=1S/C34H49N9O5/c44-27(42-18-16-36-14-12-35-13-15-37-17-19-42)8-2-1-5-11-38-33(47)31-29(45)30(46)34(48-31)43-22-41-28-26(39-21-40-32(28)43)20-24-10-9-23-6-3-4-7-25(23)24/h3-4,6-7,21-22,24,29-31,34-37,45-46H,1-2,5,8-20H2,(H,38,47)/t24-,29+,30-,31+,34-/m1/s1. The van der Waals surface area contributed by atoms with Crippen LogP contribution in [0.5, 0.6) is 0 Å². The van der Waals surface area contributed by atoms with Gasteiger partial charge in [-0.15, -0.1) is 0 Å². The third-order valence-corrected chi connectivity index (χ3v) is 9.70. The van der Waals surface area contributed by atoms with Gasteiger partial charge in [-0.3, -0.25) is 14.2 Å². The lowest BCUT2D eigenvalue weighted by Gasteiger charge is -2.24. The molecule has 2 aliphatic heterocycles. The first-order chi connectivity index (χ1) is 23.5. The number of ether oxygens (including phenoxy) is 1. The van der Waals surface area contributed by atoms with Gasteiger partial charge in [-0.2, -0.15) is 0 Å². The average molecular weight is 664 g/mol. The highest BCUT2D eigenvalue weighted by Crippen LogP contribution is 2.37. The summed E-state index contributed by atoms with van der Waals surface area (Å²) in [4.78, 5) is 41.3. The van der Waals surface area contributed by atoms with E-state index < -0.39 is 30.4 Å². The van der Waals surface area contributed by atoms with E-state index in [2.05, 4.69) is 60.5 Å². The fourth-order valence-corrected chi connectivity index (χ4v) is 7.00. The maximum absolute atomic E-state index is 13.0. The SMILES string of the molecule is O=C(NCCCCCC(=O)N1CCNCCNCCNCC1)[C@H]1O[C@@H](n2cnc3c(C[C@H]4CCc5ccccc54)ncnc32)[C@H](O)[C@@H]1O. The predicted molar refractivity (Wildman–Crippen MR) is 179 cm³/mol. The first-order valence-electron chi connectivity index (χ1n) is 17.4. The zero-order valence-electron chi connectivity index (χ0n) is 27.5. The quantitative estimate of drug-likeness (QED) is 0.161. The van der Waals surface area contributed by atoms with Crippen LogP contribution < -0.4 is 21.3 Å². The van der Waals surface area contributed by atoms with E-state index in [0.717, 1.165) is 70.6 Å². The molecule has 2 amide bonds. The monoisotopic (exact) mass is 663 g/mol. The molecule has 2 aromatic heterocycles. The second kappa shape index (κ2) is 16.7. The summed E-state index contributed by atoms with van der Waals surface area (Å²) in [6.07, 6.45) is 3.42. The summed E-state index contributed by atoms with van der Waals surface area (Å²) in [6, 6.07) is 8.49. The number of aryl methyl sites for hydroxylation is 1. The van der Waals surface area contributed by atoms with Gasteiger partial charge in [-0.05, 0) is 49.1 Å². The topological polar surface area (TPSA) is 179 Å². The largest absolute Gasteiger partial charge is 0.387 e. The molecule has 2 fully saturated rings. The molecule has 6 rings (SSSR count). The highest BCUT2D eigenvalue weighted by molar-refractivity contribution is 5.82. The van der Waals surface area contributed by atoms with Crippen LogP contribution in [0.15, 0.2) is 36.9 Å². The number of imidazole rings is 1. The van der Waals surface area contributed by atoms with Crippen molar-refractivity contribution in [2.75, 3.05) is 58.9 Å². The number of rotatable bonds is 10. The molecule has 0 unspecified atom stereocenters. The van der Waals surface area contributed by atoms with Crippen molar-refractivity contribution in [2.45, 2.75) is 75.4 Å². The first-order valence-corrected chi connectivity index (χ1v) is 17.4. The maximum atomic E-state index is 13.0. The first kappa shape index (κ1) is 34.3. The van der Waals surface area contributed by atoms with Crippen LogP contribution >= 0.6 is 0 Å². The summed E-state index contributed by atoms with van der Waals surface area (Å²) in [5, 5.41) is 34.6. The van der Waals surface area contributed by atoms with Crippen molar-refractivity contribution in [3.8, 4) is 0 Å². The van der Waals surface area contributed by atoms with Crippen LogP contribution in [-0.2, 0) is 27.2 Å². The maximum Gasteiger partial charge on any atom is 0.252 e. The molecule has 4 heterocycles. The zero-order chi connectivity index (χ0) is 33.3. The van der Waals surface area contributed by atoms with Gasteiger partial charge in [0.1, 0.15) is 24.1 Å². The molecule has 0 spiro atoms. The number of carbonyl (C=O) groups excluding carboxylic acids is 2. The van der Waals surface area contributed by atoms with Gasteiger partial charge in [-0.1, -0.05) is 30.7 Å². The van der Waals surface area contributed by atoms with Gasteiger partial charge in [0.15, 0.2) is 18.0 Å². The summed E-state index contributed by atoms with van der Waals surface area (Å²) in [6.45, 7) is 6.86. The predicted octanol–water partition coefficient (Wildman–Crippen LogP) is 0.00560. The molecule has 3 aliphatic rings. The van der Waals surface area contributed by atoms with Crippen LogP contribution in [0.3, 0.4) is 0 Å². The molecule has 0 saturated carbocycles. The van der Waals surface area contributed by atoms with E-state index in [-0.39, 0.29) is 5.91 Å². The van der Waals surface area contributed by atoms with Crippen molar-refractivity contribution >= 4 is 23.0 Å². The highest BCUT2D eigenvalue weighted by Gasteiger charge is 2.47. The van der Waals surface area contributed by atoms with Crippen molar-refractivity contribution in [3.05, 3.63) is 53.7 Å². The summed E-state index contributed by atoms with van der Waals surface area (Å²) >= 11 is 0. The lowest BCUT2D eigenvalue weighted by atomic mass is 9.96. The summed E-state index contributed by atoms with van der Waals surface area (Å²) in [5.41, 5.74) is 4.63. The van der Waals surface area contributed by atoms with E-state index in [9.17, 15) is 19.8 Å². The fraction of sp³-hybridized carbons (Fsp3) is 0.618. The Kier molecular flexibility index (Phi) is 12.0. The number of aliphatic hydroxyl groups excluding tert-OH is 2. The Morgan fingerprint density at radius 1 is 0.917 bits per heavy atom. The minimum atomic E-state index is -1.42. The number of unbranched alkanes of at least 4 members (excludes halogenated alkanes) is 2. The molecule has 0 bridgehead atoms. The van der Waals surface area contributed by atoms with Crippen LogP contribution in [0, 0.1) is 0 Å². The van der Waals surface area contributed by atoms with Crippen LogP contribution in [0.2, 0.25) is 0 Å². The number of hydrogen-bond acceptors (Lipinski definition) is 11. The highest BCUT2D eigenvalue weighted by atomic mass is 16.6. The van der Waals surface area contributed by atoms with Gasteiger partial charge < -0.3 is 41.1 Å². The average Bonchev–Trinajstić information content (AvgIpc) is 3.79. The zero-order valence-corrected chi connectivity index (χ0v) is 27.5. The minimum absolute atomic E-state index is 0.147. The Hall–Kier alpha value is -3.53. The number of amides is 2. The molecule has 48 heavy (non-hydrogen) atoms. The van der Waals surface area contributed by atoms with Gasteiger partial charge >= 0.3 is 0 Å². The number of benzene rings is 1. The Morgan fingerprint density at radius 3 is 2.46 bits per heavy atom. The molecule has 14 nitrogen and oxygen atoms in total. The van der Waals surface area contributed by atoms with Gasteiger partial charge in [-0.25, -0.2) is 15.0 Å². The van der Waals surface area contributed by atoms with E-state index in [4.69, 9.17) is 4.74 Å². The number of nitrogens with one attached hydrogen (secondary N) is 4. The molecule has 1 aliphatic carbocycles. The number of nitrogens with zero attached hydrogens (tertiary/aromatic N) is 5. The van der Waals surface area contributed by atoms with E-state index in [1.54, 1.807) is 4.57 Å². The Bertz CT molecular complexity index is 1510. The molecule has 14 heteroatoms. The molecular formula is C34H49N9O5.